The third kappa shape index (κ3) is 1.58. The molecule has 0 radical (unpaired) electrons. The number of H-pyrrole nitrogens is 1. The molecule has 96 valence electrons. The monoisotopic (exact) mass is 261 g/mol. The Kier molecular flexibility index (Phi) is 2.15. The molecule has 5 heteroatoms. The Labute approximate surface area is 115 Å². The average Bonchev–Trinajstić information content (AvgIpc) is 3.17. The van der Waals surface area contributed by atoms with Crippen molar-refractivity contribution < 1.29 is 0 Å². The standard InChI is InChI=1S/C15H11N5/c16-8-15(4-5-15)14-17-6-3-11(20-14)10-1-2-12-13(7-10)19-9-18-12/h1-3,6-7,9H,4-5H2,(H,18,19). The molecule has 1 fully saturated rings. The lowest BCUT2D eigenvalue weighted by atomic mass is 10.1. The lowest BCUT2D eigenvalue weighted by Crippen LogP contribution is -2.09. The van der Waals surface area contributed by atoms with Crippen LogP contribution in [0.2, 0.25) is 0 Å². The fourth-order valence-electron chi connectivity index (χ4n) is 2.36. The molecule has 0 bridgehead atoms. The zero-order valence-electron chi connectivity index (χ0n) is 10.7. The summed E-state index contributed by atoms with van der Waals surface area (Å²) in [5.74, 6) is 0.641. The number of nitriles is 1. The lowest BCUT2D eigenvalue weighted by Gasteiger charge is -2.06. The zero-order valence-corrected chi connectivity index (χ0v) is 10.7. The van der Waals surface area contributed by atoms with Crippen molar-refractivity contribution in [1.82, 2.24) is 19.9 Å². The van der Waals surface area contributed by atoms with E-state index in [2.05, 4.69) is 26.0 Å². The molecule has 1 aliphatic rings. The van der Waals surface area contributed by atoms with Crippen LogP contribution in [0.3, 0.4) is 0 Å². The van der Waals surface area contributed by atoms with Gasteiger partial charge in [-0.3, -0.25) is 0 Å². The van der Waals surface area contributed by atoms with Gasteiger partial charge in [0.15, 0.2) is 0 Å². The highest BCUT2D eigenvalue weighted by atomic mass is 14.9. The Morgan fingerprint density at radius 1 is 1.20 bits per heavy atom. The molecule has 3 aromatic rings. The van der Waals surface area contributed by atoms with Crippen LogP contribution in [0.4, 0.5) is 0 Å². The van der Waals surface area contributed by atoms with Gasteiger partial charge in [0.1, 0.15) is 11.2 Å². The molecular formula is C15H11N5. The van der Waals surface area contributed by atoms with E-state index in [1.54, 1.807) is 12.5 Å². The summed E-state index contributed by atoms with van der Waals surface area (Å²) >= 11 is 0. The van der Waals surface area contributed by atoms with Gasteiger partial charge in [0.2, 0.25) is 0 Å². The predicted molar refractivity (Wildman–Crippen MR) is 73.6 cm³/mol. The molecule has 1 aromatic carbocycles. The molecule has 0 atom stereocenters. The van der Waals surface area contributed by atoms with Gasteiger partial charge in [0, 0.05) is 11.8 Å². The van der Waals surface area contributed by atoms with E-state index in [0.29, 0.717) is 5.82 Å². The highest BCUT2D eigenvalue weighted by molar-refractivity contribution is 5.80. The van der Waals surface area contributed by atoms with Gasteiger partial charge in [-0.1, -0.05) is 6.07 Å². The van der Waals surface area contributed by atoms with E-state index in [-0.39, 0.29) is 0 Å². The number of imidazole rings is 1. The van der Waals surface area contributed by atoms with Crippen molar-refractivity contribution in [3.63, 3.8) is 0 Å². The Morgan fingerprint density at radius 2 is 2.10 bits per heavy atom. The second-order valence-corrected chi connectivity index (χ2v) is 5.09. The number of aromatic amines is 1. The van der Waals surface area contributed by atoms with Crippen LogP contribution in [0.5, 0.6) is 0 Å². The van der Waals surface area contributed by atoms with Crippen LogP contribution in [0.1, 0.15) is 18.7 Å². The number of nitrogens with one attached hydrogen (secondary N) is 1. The van der Waals surface area contributed by atoms with Crippen LogP contribution in [0.25, 0.3) is 22.3 Å². The first-order chi connectivity index (χ1) is 9.81. The molecule has 1 N–H and O–H groups in total. The van der Waals surface area contributed by atoms with Crippen LogP contribution in [0, 0.1) is 11.3 Å². The first-order valence-corrected chi connectivity index (χ1v) is 6.49. The summed E-state index contributed by atoms with van der Waals surface area (Å²) in [5.41, 5.74) is 3.30. The Morgan fingerprint density at radius 3 is 2.90 bits per heavy atom. The van der Waals surface area contributed by atoms with E-state index in [0.717, 1.165) is 35.1 Å². The van der Waals surface area contributed by atoms with Crippen molar-refractivity contribution in [1.29, 1.82) is 5.26 Å². The summed E-state index contributed by atoms with van der Waals surface area (Å²) in [4.78, 5) is 16.1. The van der Waals surface area contributed by atoms with Crippen molar-refractivity contribution in [3.8, 4) is 17.3 Å². The number of rotatable bonds is 2. The topological polar surface area (TPSA) is 78.2 Å². The molecule has 0 amide bonds. The Hall–Kier alpha value is -2.74. The van der Waals surface area contributed by atoms with E-state index in [1.165, 1.54) is 0 Å². The van der Waals surface area contributed by atoms with Gasteiger partial charge in [-0.2, -0.15) is 5.26 Å². The Balaban J connectivity index is 1.82. The number of nitrogens with zero attached hydrogens (tertiary/aromatic N) is 4. The summed E-state index contributed by atoms with van der Waals surface area (Å²) in [5, 5.41) is 9.24. The number of hydrogen-bond donors (Lipinski definition) is 1. The summed E-state index contributed by atoms with van der Waals surface area (Å²) in [6, 6.07) is 10.2. The minimum Gasteiger partial charge on any atom is -0.345 e. The molecule has 0 saturated heterocycles. The Bertz CT molecular complexity index is 839. The summed E-state index contributed by atoms with van der Waals surface area (Å²) < 4.78 is 0. The third-order valence-electron chi connectivity index (χ3n) is 3.76. The SMILES string of the molecule is N#CC1(c2nccc(-c3ccc4nc[nH]c4c3)n2)CC1. The van der Waals surface area contributed by atoms with E-state index in [1.807, 2.05) is 24.3 Å². The minimum absolute atomic E-state index is 0.450. The molecule has 20 heavy (non-hydrogen) atoms. The molecule has 1 aliphatic carbocycles. The van der Waals surface area contributed by atoms with Gasteiger partial charge in [-0.05, 0) is 31.0 Å². The van der Waals surface area contributed by atoms with E-state index < -0.39 is 5.41 Å². The van der Waals surface area contributed by atoms with Crippen LogP contribution < -0.4 is 0 Å². The second-order valence-electron chi connectivity index (χ2n) is 5.09. The molecule has 2 aromatic heterocycles. The first-order valence-electron chi connectivity index (χ1n) is 6.49. The van der Waals surface area contributed by atoms with Gasteiger partial charge in [0.05, 0.1) is 29.1 Å². The lowest BCUT2D eigenvalue weighted by molar-refractivity contribution is 0.799. The maximum Gasteiger partial charge on any atom is 0.149 e. The van der Waals surface area contributed by atoms with Gasteiger partial charge in [0.25, 0.3) is 0 Å². The van der Waals surface area contributed by atoms with Crippen molar-refractivity contribution in [2.45, 2.75) is 18.3 Å². The molecule has 2 heterocycles. The molecule has 0 aliphatic heterocycles. The molecule has 4 rings (SSSR count). The number of hydrogen-bond acceptors (Lipinski definition) is 4. The first kappa shape index (κ1) is 11.1. The van der Waals surface area contributed by atoms with Crippen LogP contribution in [-0.4, -0.2) is 19.9 Å². The average molecular weight is 261 g/mol. The number of aromatic nitrogens is 4. The molecule has 0 unspecified atom stereocenters. The third-order valence-corrected chi connectivity index (χ3v) is 3.76. The van der Waals surface area contributed by atoms with Gasteiger partial charge >= 0.3 is 0 Å². The maximum absolute atomic E-state index is 9.24. The van der Waals surface area contributed by atoms with Crippen LogP contribution >= 0.6 is 0 Å². The van der Waals surface area contributed by atoms with Gasteiger partial charge in [-0.15, -0.1) is 0 Å². The highest BCUT2D eigenvalue weighted by Gasteiger charge is 2.47. The quantitative estimate of drug-likeness (QED) is 0.769. The van der Waals surface area contributed by atoms with Gasteiger partial charge < -0.3 is 4.98 Å². The predicted octanol–water partition coefficient (Wildman–Crippen LogP) is 2.58. The number of benzene rings is 1. The number of fused-ring (bicyclic) bond motifs is 1. The zero-order chi connectivity index (χ0) is 13.6. The van der Waals surface area contributed by atoms with E-state index >= 15 is 0 Å². The van der Waals surface area contributed by atoms with Crippen LogP contribution in [-0.2, 0) is 5.41 Å². The van der Waals surface area contributed by atoms with Crippen molar-refractivity contribution in [2.24, 2.45) is 0 Å². The summed E-state index contributed by atoms with van der Waals surface area (Å²) in [6.07, 6.45) is 5.11. The fourth-order valence-corrected chi connectivity index (χ4v) is 2.36. The molecule has 1 saturated carbocycles. The minimum atomic E-state index is -0.450. The van der Waals surface area contributed by atoms with Crippen molar-refractivity contribution >= 4 is 11.0 Å². The molecule has 5 nitrogen and oxygen atoms in total. The molecular weight excluding hydrogens is 250 g/mol. The normalized spacial score (nSPS) is 15.9. The smallest absolute Gasteiger partial charge is 0.149 e. The van der Waals surface area contributed by atoms with Crippen LogP contribution in [0.15, 0.2) is 36.8 Å². The molecule has 0 spiro atoms. The second kappa shape index (κ2) is 3.87. The van der Waals surface area contributed by atoms with Crippen molar-refractivity contribution in [2.75, 3.05) is 0 Å². The largest absolute Gasteiger partial charge is 0.345 e. The van der Waals surface area contributed by atoms with Gasteiger partial charge in [-0.25, -0.2) is 15.0 Å². The summed E-state index contributed by atoms with van der Waals surface area (Å²) in [7, 11) is 0. The van der Waals surface area contributed by atoms with E-state index in [9.17, 15) is 5.26 Å². The van der Waals surface area contributed by atoms with E-state index in [4.69, 9.17) is 0 Å². The van der Waals surface area contributed by atoms with Crippen molar-refractivity contribution in [3.05, 3.63) is 42.6 Å². The maximum atomic E-state index is 9.24. The summed E-state index contributed by atoms with van der Waals surface area (Å²) in [6.45, 7) is 0. The highest BCUT2D eigenvalue weighted by Crippen LogP contribution is 2.46. The fraction of sp³-hybridized carbons (Fsp3) is 0.200.